The topological polar surface area (TPSA) is 48.7 Å². The van der Waals surface area contributed by atoms with E-state index in [-0.39, 0.29) is 5.82 Å². The number of nitriles is 1. The average molecular weight is 257 g/mol. The minimum absolute atomic E-state index is 0.134. The minimum Gasteiger partial charge on any atom is -0.370 e. The van der Waals surface area contributed by atoms with Crippen LogP contribution in [0.2, 0.25) is 0 Å². The summed E-state index contributed by atoms with van der Waals surface area (Å²) in [6.07, 6.45) is -0.279. The first-order valence-corrected chi connectivity index (χ1v) is 5.68. The lowest BCUT2D eigenvalue weighted by molar-refractivity contribution is -0.137. The molecule has 0 unspecified atom stereocenters. The molecule has 0 amide bonds. The quantitative estimate of drug-likeness (QED) is 0.792. The van der Waals surface area contributed by atoms with E-state index in [4.69, 9.17) is 5.26 Å². The highest BCUT2D eigenvalue weighted by atomic mass is 19.4. The number of aromatic nitrogens is 1. The van der Waals surface area contributed by atoms with Crippen LogP contribution in [-0.2, 0) is 6.18 Å². The monoisotopic (exact) mass is 257 g/mol. The molecule has 0 aliphatic heterocycles. The van der Waals surface area contributed by atoms with E-state index < -0.39 is 11.7 Å². The van der Waals surface area contributed by atoms with Crippen molar-refractivity contribution in [3.05, 3.63) is 23.9 Å². The molecule has 0 spiro atoms. The molecule has 3 nitrogen and oxygen atoms in total. The van der Waals surface area contributed by atoms with Crippen LogP contribution in [0.5, 0.6) is 0 Å². The van der Waals surface area contributed by atoms with Gasteiger partial charge in [-0.15, -0.1) is 0 Å². The van der Waals surface area contributed by atoms with Crippen LogP contribution in [0.25, 0.3) is 0 Å². The second kappa shape index (κ2) is 6.84. The van der Waals surface area contributed by atoms with Gasteiger partial charge in [0.15, 0.2) is 0 Å². The molecule has 0 fully saturated rings. The minimum atomic E-state index is -4.39. The molecule has 18 heavy (non-hydrogen) atoms. The van der Waals surface area contributed by atoms with E-state index in [1.54, 1.807) is 0 Å². The van der Waals surface area contributed by atoms with Crippen LogP contribution < -0.4 is 5.32 Å². The van der Waals surface area contributed by atoms with Gasteiger partial charge in [0.1, 0.15) is 5.82 Å². The number of nitrogens with one attached hydrogen (secondary N) is 1. The number of halogens is 3. The molecular formula is C12H14F3N3. The summed E-state index contributed by atoms with van der Waals surface area (Å²) in [6, 6.07) is 4.29. The molecule has 0 saturated heterocycles. The highest BCUT2D eigenvalue weighted by Gasteiger charge is 2.33. The van der Waals surface area contributed by atoms with Gasteiger partial charge >= 0.3 is 6.18 Å². The number of alkyl halides is 3. The van der Waals surface area contributed by atoms with Crippen molar-refractivity contribution in [1.82, 2.24) is 4.98 Å². The lowest BCUT2D eigenvalue weighted by Gasteiger charge is -2.12. The largest absolute Gasteiger partial charge is 0.419 e. The highest BCUT2D eigenvalue weighted by molar-refractivity contribution is 5.45. The summed E-state index contributed by atoms with van der Waals surface area (Å²) in [7, 11) is 0. The summed E-state index contributed by atoms with van der Waals surface area (Å²) < 4.78 is 37.8. The van der Waals surface area contributed by atoms with E-state index >= 15 is 0 Å². The second-order valence-corrected chi connectivity index (χ2v) is 3.79. The third-order valence-electron chi connectivity index (χ3n) is 2.37. The van der Waals surface area contributed by atoms with Gasteiger partial charge in [-0.2, -0.15) is 18.4 Å². The predicted molar refractivity (Wildman–Crippen MR) is 61.8 cm³/mol. The Morgan fingerprint density at radius 2 is 2.06 bits per heavy atom. The molecule has 0 aromatic carbocycles. The molecule has 1 aromatic rings. The molecule has 6 heteroatoms. The molecule has 0 bridgehead atoms. The fraction of sp³-hybridized carbons (Fsp3) is 0.500. The average Bonchev–Trinajstić information content (AvgIpc) is 2.33. The van der Waals surface area contributed by atoms with E-state index in [1.165, 1.54) is 12.3 Å². The van der Waals surface area contributed by atoms with Gasteiger partial charge in [0.25, 0.3) is 0 Å². The molecule has 1 N–H and O–H groups in total. The molecule has 1 rings (SSSR count). The predicted octanol–water partition coefficient (Wildman–Crippen LogP) is 3.60. The molecule has 0 aliphatic carbocycles. The third kappa shape index (κ3) is 4.62. The first-order valence-electron chi connectivity index (χ1n) is 5.68. The normalized spacial score (nSPS) is 11.0. The van der Waals surface area contributed by atoms with Crippen molar-refractivity contribution in [2.24, 2.45) is 0 Å². The van der Waals surface area contributed by atoms with Crippen LogP contribution in [0.4, 0.5) is 19.0 Å². The first-order chi connectivity index (χ1) is 8.55. The Hall–Kier alpha value is -1.77. The Morgan fingerprint density at radius 3 is 2.72 bits per heavy atom. The zero-order chi connectivity index (χ0) is 13.4. The zero-order valence-electron chi connectivity index (χ0n) is 9.80. The maximum absolute atomic E-state index is 12.6. The summed E-state index contributed by atoms with van der Waals surface area (Å²) in [5, 5.41) is 11.0. The van der Waals surface area contributed by atoms with Crippen molar-refractivity contribution < 1.29 is 13.2 Å². The highest BCUT2D eigenvalue weighted by Crippen LogP contribution is 2.33. The first kappa shape index (κ1) is 14.3. The second-order valence-electron chi connectivity index (χ2n) is 3.79. The molecule has 0 radical (unpaired) electrons. The van der Waals surface area contributed by atoms with Crippen LogP contribution in [0.15, 0.2) is 18.3 Å². The SMILES string of the molecule is N#CCCCCCNc1ncccc1C(F)(F)F. The molecule has 0 atom stereocenters. The maximum atomic E-state index is 12.6. The van der Waals surface area contributed by atoms with Crippen LogP contribution >= 0.6 is 0 Å². The van der Waals surface area contributed by atoms with E-state index in [0.29, 0.717) is 13.0 Å². The van der Waals surface area contributed by atoms with E-state index in [1.807, 2.05) is 6.07 Å². The lowest BCUT2D eigenvalue weighted by atomic mass is 10.2. The van der Waals surface area contributed by atoms with Crippen LogP contribution in [0, 0.1) is 11.3 Å². The Bertz CT molecular complexity index is 410. The van der Waals surface area contributed by atoms with Crippen molar-refractivity contribution in [3.63, 3.8) is 0 Å². The Kier molecular flexibility index (Phi) is 5.43. The lowest BCUT2D eigenvalue weighted by Crippen LogP contribution is -2.12. The molecule has 1 heterocycles. The van der Waals surface area contributed by atoms with Gasteiger partial charge in [-0.1, -0.05) is 6.42 Å². The van der Waals surface area contributed by atoms with Gasteiger partial charge in [-0.3, -0.25) is 0 Å². The van der Waals surface area contributed by atoms with Gasteiger partial charge < -0.3 is 5.32 Å². The standard InChI is InChI=1S/C12H14F3N3/c13-12(14,15)10-6-5-9-18-11(10)17-8-4-2-1-3-7-16/h5-6,9H,1-4,8H2,(H,17,18). The molecule has 98 valence electrons. The molecule has 1 aromatic heterocycles. The fourth-order valence-corrected chi connectivity index (χ4v) is 1.49. The fourth-order valence-electron chi connectivity index (χ4n) is 1.49. The summed E-state index contributed by atoms with van der Waals surface area (Å²) in [4.78, 5) is 3.70. The van der Waals surface area contributed by atoms with Crippen molar-refractivity contribution in [2.45, 2.75) is 31.9 Å². The van der Waals surface area contributed by atoms with Crippen molar-refractivity contribution in [3.8, 4) is 6.07 Å². The van der Waals surface area contributed by atoms with E-state index in [0.717, 1.165) is 25.3 Å². The third-order valence-corrected chi connectivity index (χ3v) is 2.37. The number of hydrogen-bond donors (Lipinski definition) is 1. The van der Waals surface area contributed by atoms with E-state index in [9.17, 15) is 13.2 Å². The number of pyridine rings is 1. The maximum Gasteiger partial charge on any atom is 0.419 e. The van der Waals surface area contributed by atoms with Gasteiger partial charge in [0, 0.05) is 19.2 Å². The summed E-state index contributed by atoms with van der Waals surface area (Å²) in [6.45, 7) is 0.422. The van der Waals surface area contributed by atoms with Gasteiger partial charge in [0.05, 0.1) is 11.6 Å². The Morgan fingerprint density at radius 1 is 1.28 bits per heavy atom. The number of unbranched alkanes of at least 4 members (excludes halogenated alkanes) is 3. The Labute approximate surface area is 104 Å². The number of rotatable bonds is 6. The van der Waals surface area contributed by atoms with Crippen LogP contribution in [0.3, 0.4) is 0 Å². The van der Waals surface area contributed by atoms with Gasteiger partial charge in [-0.25, -0.2) is 4.98 Å². The Balaban J connectivity index is 2.45. The number of anilines is 1. The summed E-state index contributed by atoms with van der Waals surface area (Å²) in [5.41, 5.74) is -0.748. The molecular weight excluding hydrogens is 243 g/mol. The smallest absolute Gasteiger partial charge is 0.370 e. The van der Waals surface area contributed by atoms with Crippen molar-refractivity contribution >= 4 is 5.82 Å². The van der Waals surface area contributed by atoms with Crippen molar-refractivity contribution in [1.29, 1.82) is 5.26 Å². The van der Waals surface area contributed by atoms with Gasteiger partial charge in [-0.05, 0) is 25.0 Å². The van der Waals surface area contributed by atoms with Crippen LogP contribution in [0.1, 0.15) is 31.2 Å². The zero-order valence-corrected chi connectivity index (χ0v) is 9.80. The number of hydrogen-bond acceptors (Lipinski definition) is 3. The van der Waals surface area contributed by atoms with Crippen LogP contribution in [-0.4, -0.2) is 11.5 Å². The summed E-state index contributed by atoms with van der Waals surface area (Å²) in [5.74, 6) is -0.134. The van der Waals surface area contributed by atoms with E-state index in [2.05, 4.69) is 10.3 Å². The molecule has 0 aliphatic rings. The van der Waals surface area contributed by atoms with Gasteiger partial charge in [0.2, 0.25) is 0 Å². The van der Waals surface area contributed by atoms with Crippen molar-refractivity contribution in [2.75, 3.05) is 11.9 Å². The molecule has 0 saturated carbocycles. The number of nitrogens with zero attached hydrogens (tertiary/aromatic N) is 2. The summed E-state index contributed by atoms with van der Waals surface area (Å²) >= 11 is 0.